The van der Waals surface area contributed by atoms with Crippen LogP contribution in [0.3, 0.4) is 0 Å². The molecule has 88 valence electrons. The maximum absolute atomic E-state index is 12.8. The van der Waals surface area contributed by atoms with Gasteiger partial charge in [0, 0.05) is 0 Å². The van der Waals surface area contributed by atoms with Crippen LogP contribution in [-0.4, -0.2) is 22.7 Å². The molecular weight excluding hydrogens is 221 g/mol. The fraction of sp³-hybridized carbons (Fsp3) is 0.273. The fourth-order valence-corrected chi connectivity index (χ4v) is 2.02. The van der Waals surface area contributed by atoms with Gasteiger partial charge >= 0.3 is 0 Å². The molecule has 0 bridgehead atoms. The van der Waals surface area contributed by atoms with Crippen LogP contribution in [0.1, 0.15) is 6.92 Å². The standard InChI is InChI=1S/C11H12FN5/c1-7-10-9(2-3-13-7)17(6-16-10)11-14-4-8(12)5-15-11/h2-5,7,13,16H,6H2,1H3. The Morgan fingerprint density at radius 1 is 1.41 bits per heavy atom. The Hall–Kier alpha value is -2.11. The molecule has 0 saturated heterocycles. The summed E-state index contributed by atoms with van der Waals surface area (Å²) >= 11 is 0. The third-order valence-electron chi connectivity index (χ3n) is 2.86. The Labute approximate surface area is 98.1 Å². The van der Waals surface area contributed by atoms with E-state index >= 15 is 0 Å². The summed E-state index contributed by atoms with van der Waals surface area (Å²) in [6, 6.07) is 0.237. The molecule has 3 heterocycles. The van der Waals surface area contributed by atoms with Crippen LogP contribution in [0.2, 0.25) is 0 Å². The normalized spacial score (nSPS) is 22.2. The van der Waals surface area contributed by atoms with Crippen molar-refractivity contribution in [2.45, 2.75) is 13.0 Å². The molecule has 0 amide bonds. The van der Waals surface area contributed by atoms with Gasteiger partial charge < -0.3 is 10.6 Å². The summed E-state index contributed by atoms with van der Waals surface area (Å²) in [6.07, 6.45) is 6.21. The van der Waals surface area contributed by atoms with Crippen LogP contribution in [-0.2, 0) is 0 Å². The molecule has 0 aromatic carbocycles. The lowest BCUT2D eigenvalue weighted by atomic mass is 10.1. The number of nitrogens with zero attached hydrogens (tertiary/aromatic N) is 3. The van der Waals surface area contributed by atoms with Crippen LogP contribution in [0.5, 0.6) is 0 Å². The minimum atomic E-state index is -0.427. The Morgan fingerprint density at radius 2 is 2.18 bits per heavy atom. The number of halogens is 1. The number of allylic oxidation sites excluding steroid dienone is 1. The van der Waals surface area contributed by atoms with Crippen LogP contribution in [0.25, 0.3) is 0 Å². The quantitative estimate of drug-likeness (QED) is 0.748. The molecule has 0 saturated carbocycles. The Morgan fingerprint density at radius 3 is 2.94 bits per heavy atom. The molecule has 2 aliphatic rings. The van der Waals surface area contributed by atoms with Crippen LogP contribution in [0, 0.1) is 5.82 Å². The molecule has 0 fully saturated rings. The third-order valence-corrected chi connectivity index (χ3v) is 2.86. The first kappa shape index (κ1) is 10.1. The number of hydrogen-bond donors (Lipinski definition) is 2. The topological polar surface area (TPSA) is 53.1 Å². The first-order chi connectivity index (χ1) is 8.25. The van der Waals surface area contributed by atoms with E-state index in [9.17, 15) is 4.39 Å². The average Bonchev–Trinajstić information content (AvgIpc) is 2.75. The van der Waals surface area contributed by atoms with E-state index in [0.29, 0.717) is 12.6 Å². The van der Waals surface area contributed by atoms with Gasteiger partial charge in [-0.2, -0.15) is 0 Å². The predicted octanol–water partition coefficient (Wildman–Crippen LogP) is 0.700. The lowest BCUT2D eigenvalue weighted by Gasteiger charge is -2.20. The molecule has 0 radical (unpaired) electrons. The number of aromatic nitrogens is 2. The van der Waals surface area contributed by atoms with Crippen molar-refractivity contribution in [2.24, 2.45) is 0 Å². The monoisotopic (exact) mass is 233 g/mol. The summed E-state index contributed by atoms with van der Waals surface area (Å²) in [4.78, 5) is 9.89. The molecule has 17 heavy (non-hydrogen) atoms. The van der Waals surface area contributed by atoms with E-state index < -0.39 is 5.82 Å². The minimum absolute atomic E-state index is 0.237. The number of dihydropyridines is 1. The zero-order valence-electron chi connectivity index (χ0n) is 9.31. The second-order valence-electron chi connectivity index (χ2n) is 3.98. The zero-order chi connectivity index (χ0) is 11.8. The van der Waals surface area contributed by atoms with Crippen molar-refractivity contribution in [3.63, 3.8) is 0 Å². The van der Waals surface area contributed by atoms with E-state index in [0.717, 1.165) is 11.4 Å². The van der Waals surface area contributed by atoms with Gasteiger partial charge in [-0.1, -0.05) is 0 Å². The molecule has 5 nitrogen and oxygen atoms in total. The van der Waals surface area contributed by atoms with E-state index in [1.807, 2.05) is 17.2 Å². The maximum atomic E-state index is 12.8. The van der Waals surface area contributed by atoms with E-state index in [1.165, 1.54) is 12.4 Å². The summed E-state index contributed by atoms with van der Waals surface area (Å²) in [5.41, 5.74) is 2.14. The lowest BCUT2D eigenvalue weighted by molar-refractivity contribution is 0.612. The van der Waals surface area contributed by atoms with Gasteiger partial charge in [0.15, 0.2) is 5.82 Å². The molecular formula is C11H12FN5. The first-order valence-corrected chi connectivity index (χ1v) is 5.41. The van der Waals surface area contributed by atoms with Crippen molar-refractivity contribution in [1.82, 2.24) is 20.6 Å². The number of rotatable bonds is 1. The molecule has 2 aliphatic heterocycles. The Balaban J connectivity index is 1.96. The third kappa shape index (κ3) is 1.61. The molecule has 2 N–H and O–H groups in total. The van der Waals surface area contributed by atoms with Gasteiger partial charge in [0.25, 0.3) is 0 Å². The van der Waals surface area contributed by atoms with Crippen LogP contribution in [0.4, 0.5) is 10.3 Å². The van der Waals surface area contributed by atoms with Crippen molar-refractivity contribution in [3.8, 4) is 0 Å². The summed E-state index contributed by atoms with van der Waals surface area (Å²) < 4.78 is 12.8. The summed E-state index contributed by atoms with van der Waals surface area (Å²) in [7, 11) is 0. The Kier molecular flexibility index (Phi) is 2.21. The minimum Gasteiger partial charge on any atom is -0.383 e. The van der Waals surface area contributed by atoms with Gasteiger partial charge in [-0.05, 0) is 19.2 Å². The highest BCUT2D eigenvalue weighted by atomic mass is 19.1. The molecule has 1 aromatic rings. The van der Waals surface area contributed by atoms with Gasteiger partial charge in [-0.15, -0.1) is 0 Å². The van der Waals surface area contributed by atoms with Crippen LogP contribution in [0.15, 0.2) is 36.1 Å². The molecule has 1 atom stereocenters. The van der Waals surface area contributed by atoms with Crippen LogP contribution >= 0.6 is 0 Å². The van der Waals surface area contributed by atoms with E-state index in [2.05, 4.69) is 27.5 Å². The van der Waals surface area contributed by atoms with Crippen molar-refractivity contribution < 1.29 is 4.39 Å². The highest BCUT2D eigenvalue weighted by Gasteiger charge is 2.27. The highest BCUT2D eigenvalue weighted by molar-refractivity contribution is 5.51. The average molecular weight is 233 g/mol. The SMILES string of the molecule is CC1NC=CC2=C1NCN2c1ncc(F)cn1. The maximum Gasteiger partial charge on any atom is 0.231 e. The van der Waals surface area contributed by atoms with E-state index in [4.69, 9.17) is 0 Å². The van der Waals surface area contributed by atoms with Gasteiger partial charge in [-0.3, -0.25) is 4.90 Å². The molecule has 6 heteroatoms. The molecule has 1 aromatic heterocycles. The highest BCUT2D eigenvalue weighted by Crippen LogP contribution is 2.25. The molecule has 0 spiro atoms. The first-order valence-electron chi connectivity index (χ1n) is 5.41. The van der Waals surface area contributed by atoms with Gasteiger partial charge in [0.2, 0.25) is 5.95 Å². The predicted molar refractivity (Wildman–Crippen MR) is 61.2 cm³/mol. The van der Waals surface area contributed by atoms with Gasteiger partial charge in [0.1, 0.15) is 0 Å². The molecule has 3 rings (SSSR count). The molecule has 0 aliphatic carbocycles. The van der Waals surface area contributed by atoms with Gasteiger partial charge in [-0.25, -0.2) is 14.4 Å². The largest absolute Gasteiger partial charge is 0.383 e. The van der Waals surface area contributed by atoms with Crippen LogP contribution < -0.4 is 15.5 Å². The van der Waals surface area contributed by atoms with E-state index in [-0.39, 0.29) is 6.04 Å². The second kappa shape index (κ2) is 3.73. The summed E-state index contributed by atoms with van der Waals surface area (Å²) in [5.74, 6) is 0.0759. The molecule has 1 unspecified atom stereocenters. The van der Waals surface area contributed by atoms with Crippen molar-refractivity contribution >= 4 is 5.95 Å². The smallest absolute Gasteiger partial charge is 0.231 e. The number of anilines is 1. The lowest BCUT2D eigenvalue weighted by Crippen LogP contribution is -2.30. The summed E-state index contributed by atoms with van der Waals surface area (Å²) in [6.45, 7) is 2.67. The number of nitrogens with one attached hydrogen (secondary N) is 2. The zero-order valence-corrected chi connectivity index (χ0v) is 9.31. The van der Waals surface area contributed by atoms with Crippen molar-refractivity contribution in [1.29, 1.82) is 0 Å². The second-order valence-corrected chi connectivity index (χ2v) is 3.98. The van der Waals surface area contributed by atoms with Gasteiger partial charge in [0.05, 0.1) is 36.5 Å². The fourth-order valence-electron chi connectivity index (χ4n) is 2.02. The summed E-state index contributed by atoms with van der Waals surface area (Å²) in [5, 5.41) is 6.50. The van der Waals surface area contributed by atoms with Crippen molar-refractivity contribution in [3.05, 3.63) is 41.9 Å². The van der Waals surface area contributed by atoms with Crippen molar-refractivity contribution in [2.75, 3.05) is 11.6 Å². The number of hydrogen-bond acceptors (Lipinski definition) is 5. The Bertz CT molecular complexity index is 493. The van der Waals surface area contributed by atoms with E-state index in [1.54, 1.807) is 0 Å².